The Bertz CT molecular complexity index is 1100. The molecule has 6 saturated carbocycles. The van der Waals surface area contributed by atoms with E-state index in [4.69, 9.17) is 0 Å². The van der Waals surface area contributed by atoms with Crippen molar-refractivity contribution in [2.45, 2.75) is 189 Å². The third kappa shape index (κ3) is 10.1. The first-order valence-corrected chi connectivity index (χ1v) is 24.1. The Labute approximate surface area is 324 Å². The van der Waals surface area contributed by atoms with Crippen LogP contribution in [-0.2, 0) is 0 Å². The summed E-state index contributed by atoms with van der Waals surface area (Å²) < 4.78 is 0. The molecular formula is C51H87N. The molecule has 1 heteroatoms. The summed E-state index contributed by atoms with van der Waals surface area (Å²) in [6.45, 7) is 15.5. The van der Waals surface area contributed by atoms with E-state index >= 15 is 0 Å². The lowest BCUT2D eigenvalue weighted by molar-refractivity contribution is -0.00186. The number of rotatable bonds is 12. The van der Waals surface area contributed by atoms with E-state index in [0.29, 0.717) is 0 Å². The van der Waals surface area contributed by atoms with Gasteiger partial charge < -0.3 is 5.32 Å². The molecule has 6 fully saturated rings. The molecule has 0 aromatic carbocycles. The maximum absolute atomic E-state index is 4.20. The summed E-state index contributed by atoms with van der Waals surface area (Å²) in [5.74, 6) is 14.1. The maximum atomic E-state index is 4.20. The Morgan fingerprint density at radius 1 is 0.462 bits per heavy atom. The van der Waals surface area contributed by atoms with Gasteiger partial charge in [-0.1, -0.05) is 76.5 Å². The standard InChI is InChI=1S/C51H87N/c1-7-12-37-17-21-40(22-18-37)44-29-30-51(52-31-10-4)50(35-44)47-33-45(26-23-38(47)11-5)46-28-25-42(14-9-3)49(34-46)48-32-43(27-24-41(48)13-8-2)39-19-15-36(6)16-20-39/h7-9,12-14,36-52H,10-11,15-35H2,1-6H3/b12-7+,13-8+,14-9+. The highest BCUT2D eigenvalue weighted by atomic mass is 14.9. The van der Waals surface area contributed by atoms with Crippen molar-refractivity contribution in [3.05, 3.63) is 36.5 Å². The van der Waals surface area contributed by atoms with Gasteiger partial charge in [0.1, 0.15) is 0 Å². The lowest BCUT2D eigenvalue weighted by atomic mass is 9.54. The van der Waals surface area contributed by atoms with E-state index in [1.807, 2.05) is 0 Å². The van der Waals surface area contributed by atoms with Gasteiger partial charge in [0, 0.05) is 6.04 Å². The molecule has 0 aromatic rings. The van der Waals surface area contributed by atoms with E-state index in [1.54, 1.807) is 12.8 Å². The molecule has 0 bridgehead atoms. The lowest BCUT2D eigenvalue weighted by Gasteiger charge is -2.52. The van der Waals surface area contributed by atoms with E-state index < -0.39 is 0 Å². The van der Waals surface area contributed by atoms with Gasteiger partial charge in [0.25, 0.3) is 0 Å². The van der Waals surface area contributed by atoms with Crippen molar-refractivity contribution in [2.24, 2.45) is 88.8 Å². The molecule has 0 aromatic heterocycles. The van der Waals surface area contributed by atoms with Crippen LogP contribution in [0.5, 0.6) is 0 Å². The van der Waals surface area contributed by atoms with Crippen molar-refractivity contribution in [3.63, 3.8) is 0 Å². The molecule has 0 amide bonds. The van der Waals surface area contributed by atoms with Crippen LogP contribution in [-0.4, -0.2) is 12.6 Å². The second kappa shape index (κ2) is 20.4. The fourth-order valence-electron chi connectivity index (χ4n) is 14.7. The zero-order valence-corrected chi connectivity index (χ0v) is 35.5. The molecule has 1 nitrogen and oxygen atoms in total. The number of hydrogen-bond acceptors (Lipinski definition) is 1. The van der Waals surface area contributed by atoms with Crippen LogP contribution >= 0.6 is 0 Å². The van der Waals surface area contributed by atoms with Crippen LogP contribution in [0.15, 0.2) is 36.5 Å². The fraction of sp³-hybridized carbons (Fsp3) is 0.882. The average Bonchev–Trinajstić information content (AvgIpc) is 3.18. The molecule has 1 N–H and O–H groups in total. The van der Waals surface area contributed by atoms with E-state index in [1.165, 1.54) is 135 Å². The monoisotopic (exact) mass is 714 g/mol. The Balaban J connectivity index is 1.18. The van der Waals surface area contributed by atoms with Crippen molar-refractivity contribution < 1.29 is 0 Å². The minimum absolute atomic E-state index is 0.773. The van der Waals surface area contributed by atoms with Crippen molar-refractivity contribution >= 4 is 0 Å². The molecule has 0 saturated heterocycles. The first-order valence-electron chi connectivity index (χ1n) is 24.1. The average molecular weight is 714 g/mol. The molecule has 0 radical (unpaired) electrons. The zero-order valence-electron chi connectivity index (χ0n) is 35.5. The zero-order chi connectivity index (χ0) is 36.5. The van der Waals surface area contributed by atoms with Crippen LogP contribution in [0, 0.1) is 88.8 Å². The predicted molar refractivity (Wildman–Crippen MR) is 227 cm³/mol. The molecule has 6 rings (SSSR count). The second-order valence-electron chi connectivity index (χ2n) is 20.3. The van der Waals surface area contributed by atoms with Crippen LogP contribution in [0.2, 0.25) is 0 Å². The number of allylic oxidation sites excluding steroid dienone is 6. The Hall–Kier alpha value is -0.820. The van der Waals surface area contributed by atoms with Crippen LogP contribution in [0.4, 0.5) is 0 Å². The van der Waals surface area contributed by atoms with Gasteiger partial charge in [-0.2, -0.15) is 0 Å². The van der Waals surface area contributed by atoms with Gasteiger partial charge in [0.15, 0.2) is 0 Å². The van der Waals surface area contributed by atoms with E-state index in [2.05, 4.69) is 83.3 Å². The van der Waals surface area contributed by atoms with Gasteiger partial charge in [-0.3, -0.25) is 0 Å². The van der Waals surface area contributed by atoms with Crippen LogP contribution in [0.3, 0.4) is 0 Å². The summed E-state index contributed by atoms with van der Waals surface area (Å²) in [7, 11) is 0. The first kappa shape index (κ1) is 40.8. The maximum Gasteiger partial charge on any atom is 0.00982 e. The highest BCUT2D eigenvalue weighted by molar-refractivity contribution is 5.05. The molecular weight excluding hydrogens is 627 g/mol. The molecule has 0 aliphatic heterocycles. The number of hydrogen-bond donors (Lipinski definition) is 1. The summed E-state index contributed by atoms with van der Waals surface area (Å²) >= 11 is 0. The van der Waals surface area contributed by atoms with E-state index in [-0.39, 0.29) is 0 Å². The molecule has 0 heterocycles. The SMILES string of the molecule is C/C=C/C1CCC(C2CCC(NCCC)C(C3CC(C4CCC(/C=C/C)C(C5CC(C6CCC(C)CC6)CCC5/C=C/C)C4)CCC3CC)C2)CC1. The summed E-state index contributed by atoms with van der Waals surface area (Å²) in [4.78, 5) is 0. The first-order chi connectivity index (χ1) is 25.5. The van der Waals surface area contributed by atoms with Gasteiger partial charge in [0.05, 0.1) is 0 Å². The molecule has 52 heavy (non-hydrogen) atoms. The van der Waals surface area contributed by atoms with Crippen LogP contribution in [0.1, 0.15) is 183 Å². The summed E-state index contributed by atoms with van der Waals surface area (Å²) in [6, 6.07) is 0.773. The molecule has 296 valence electrons. The minimum Gasteiger partial charge on any atom is -0.314 e. The van der Waals surface area contributed by atoms with Crippen molar-refractivity contribution in [1.29, 1.82) is 0 Å². The molecule has 12 unspecified atom stereocenters. The molecule has 12 atom stereocenters. The molecule has 6 aliphatic carbocycles. The van der Waals surface area contributed by atoms with Crippen LogP contribution < -0.4 is 5.32 Å². The fourth-order valence-corrected chi connectivity index (χ4v) is 14.7. The smallest absolute Gasteiger partial charge is 0.00982 e. The summed E-state index contributed by atoms with van der Waals surface area (Å²) in [5, 5.41) is 4.20. The minimum atomic E-state index is 0.773. The van der Waals surface area contributed by atoms with Gasteiger partial charge >= 0.3 is 0 Å². The van der Waals surface area contributed by atoms with E-state index in [0.717, 1.165) is 94.8 Å². The Morgan fingerprint density at radius 2 is 0.923 bits per heavy atom. The second-order valence-corrected chi connectivity index (χ2v) is 20.3. The predicted octanol–water partition coefficient (Wildman–Crippen LogP) is 14.6. The normalized spacial score (nSPS) is 45.6. The Kier molecular flexibility index (Phi) is 16.0. The third-order valence-corrected chi connectivity index (χ3v) is 17.5. The van der Waals surface area contributed by atoms with Crippen molar-refractivity contribution in [1.82, 2.24) is 5.32 Å². The lowest BCUT2D eigenvalue weighted by Crippen LogP contribution is -2.49. The summed E-state index contributed by atoms with van der Waals surface area (Å²) in [5.41, 5.74) is 0. The highest BCUT2D eigenvalue weighted by Gasteiger charge is 2.47. The van der Waals surface area contributed by atoms with E-state index in [9.17, 15) is 0 Å². The van der Waals surface area contributed by atoms with Gasteiger partial charge in [-0.05, 0) is 238 Å². The third-order valence-electron chi connectivity index (χ3n) is 17.5. The summed E-state index contributed by atoms with van der Waals surface area (Å²) in [6.07, 6.45) is 47.8. The van der Waals surface area contributed by atoms with Crippen molar-refractivity contribution in [2.75, 3.05) is 6.54 Å². The quantitative estimate of drug-likeness (QED) is 0.199. The number of nitrogens with one attached hydrogen (secondary N) is 1. The van der Waals surface area contributed by atoms with Crippen LogP contribution in [0.25, 0.3) is 0 Å². The van der Waals surface area contributed by atoms with Gasteiger partial charge in [0.2, 0.25) is 0 Å². The topological polar surface area (TPSA) is 12.0 Å². The molecule has 0 spiro atoms. The highest BCUT2D eigenvalue weighted by Crippen LogP contribution is 2.56. The van der Waals surface area contributed by atoms with Crippen molar-refractivity contribution in [3.8, 4) is 0 Å². The van der Waals surface area contributed by atoms with Gasteiger partial charge in [-0.25, -0.2) is 0 Å². The molecule has 6 aliphatic rings. The van der Waals surface area contributed by atoms with Gasteiger partial charge in [-0.15, -0.1) is 0 Å². The largest absolute Gasteiger partial charge is 0.314 e. The Morgan fingerprint density at radius 3 is 1.46 bits per heavy atom.